The second-order valence-electron chi connectivity index (χ2n) is 4.67. The number of para-hydroxylation sites is 2. The maximum Gasteiger partial charge on any atom is 0.300 e. The topological polar surface area (TPSA) is 105 Å². The van der Waals surface area contributed by atoms with Crippen LogP contribution < -0.4 is 10.1 Å². The van der Waals surface area contributed by atoms with E-state index in [1.165, 1.54) is 25.3 Å². The van der Waals surface area contributed by atoms with Gasteiger partial charge in [-0.3, -0.25) is 14.9 Å². The third-order valence-corrected chi connectivity index (χ3v) is 3.57. The molecule has 8 heteroatoms. The molecular formula is C16H12ClN3O4. The number of nitro groups is 1. The van der Waals surface area contributed by atoms with E-state index in [4.69, 9.17) is 16.3 Å². The van der Waals surface area contributed by atoms with Crippen molar-refractivity contribution in [1.82, 2.24) is 5.32 Å². The summed E-state index contributed by atoms with van der Waals surface area (Å²) in [7, 11) is 1.44. The summed E-state index contributed by atoms with van der Waals surface area (Å²) in [5.74, 6) is -0.355. The molecule has 0 aromatic heterocycles. The molecule has 0 aliphatic heterocycles. The number of methoxy groups -OCH3 is 1. The number of carbonyl (C=O) groups is 1. The van der Waals surface area contributed by atoms with Crippen molar-refractivity contribution in [3.63, 3.8) is 0 Å². The summed E-state index contributed by atoms with van der Waals surface area (Å²) in [4.78, 5) is 22.8. The summed E-state index contributed by atoms with van der Waals surface area (Å²) in [5, 5.41) is 22.8. The Morgan fingerprint density at radius 3 is 2.67 bits per heavy atom. The highest BCUT2D eigenvalue weighted by molar-refractivity contribution is 6.33. The predicted molar refractivity (Wildman–Crippen MR) is 86.9 cm³/mol. The van der Waals surface area contributed by atoms with E-state index >= 15 is 0 Å². The average Bonchev–Trinajstić information content (AvgIpc) is 2.58. The zero-order chi connectivity index (χ0) is 17.7. The third-order valence-electron chi connectivity index (χ3n) is 3.27. The van der Waals surface area contributed by atoms with Gasteiger partial charge in [0.25, 0.3) is 5.91 Å². The fraction of sp³-hybridized carbons (Fsp3) is 0.125. The Morgan fingerprint density at radius 1 is 1.33 bits per heavy atom. The molecule has 0 saturated heterocycles. The molecule has 2 aromatic carbocycles. The number of hydrogen-bond donors (Lipinski definition) is 1. The maximum atomic E-state index is 12.4. The first-order valence-corrected chi connectivity index (χ1v) is 7.13. The van der Waals surface area contributed by atoms with Crippen LogP contribution in [0.4, 0.5) is 5.69 Å². The average molecular weight is 346 g/mol. The zero-order valence-electron chi connectivity index (χ0n) is 12.5. The van der Waals surface area contributed by atoms with Crippen molar-refractivity contribution in [2.45, 2.75) is 6.04 Å². The van der Waals surface area contributed by atoms with Crippen LogP contribution in [0.25, 0.3) is 0 Å². The highest BCUT2D eigenvalue weighted by Crippen LogP contribution is 2.29. The molecule has 1 amide bonds. The normalized spacial score (nSPS) is 11.2. The lowest BCUT2D eigenvalue weighted by atomic mass is 10.1. The molecule has 24 heavy (non-hydrogen) atoms. The molecule has 0 fully saturated rings. The van der Waals surface area contributed by atoms with E-state index in [-0.39, 0.29) is 10.6 Å². The van der Waals surface area contributed by atoms with E-state index in [1.54, 1.807) is 24.3 Å². The van der Waals surface area contributed by atoms with Crippen molar-refractivity contribution in [1.29, 1.82) is 5.26 Å². The Hall–Kier alpha value is -3.11. The van der Waals surface area contributed by atoms with Crippen molar-refractivity contribution in [2.75, 3.05) is 7.11 Å². The highest BCUT2D eigenvalue weighted by atomic mass is 35.5. The molecule has 0 radical (unpaired) electrons. The van der Waals surface area contributed by atoms with Crippen molar-refractivity contribution >= 4 is 23.2 Å². The van der Waals surface area contributed by atoms with Crippen molar-refractivity contribution in [3.05, 3.63) is 68.7 Å². The Morgan fingerprint density at radius 2 is 2.04 bits per heavy atom. The van der Waals surface area contributed by atoms with Gasteiger partial charge in [0.1, 0.15) is 22.4 Å². The molecule has 2 rings (SSSR count). The number of hydrogen-bond acceptors (Lipinski definition) is 5. The Balaban J connectivity index is 2.37. The van der Waals surface area contributed by atoms with Gasteiger partial charge >= 0.3 is 5.69 Å². The van der Waals surface area contributed by atoms with Crippen LogP contribution in [-0.4, -0.2) is 17.9 Å². The van der Waals surface area contributed by atoms with Crippen LogP contribution in [0.5, 0.6) is 5.75 Å². The van der Waals surface area contributed by atoms with Gasteiger partial charge in [-0.15, -0.1) is 0 Å². The minimum Gasteiger partial charge on any atom is -0.496 e. The van der Waals surface area contributed by atoms with Gasteiger partial charge < -0.3 is 10.1 Å². The summed E-state index contributed by atoms with van der Waals surface area (Å²) < 4.78 is 5.16. The second-order valence-corrected chi connectivity index (χ2v) is 5.08. The lowest BCUT2D eigenvalue weighted by Crippen LogP contribution is -2.28. The molecule has 7 nitrogen and oxygen atoms in total. The highest BCUT2D eigenvalue weighted by Gasteiger charge is 2.26. The second kappa shape index (κ2) is 7.44. The lowest BCUT2D eigenvalue weighted by Gasteiger charge is -2.15. The van der Waals surface area contributed by atoms with Gasteiger partial charge in [-0.2, -0.15) is 5.26 Å². The number of nitrogens with one attached hydrogen (secondary N) is 1. The van der Waals surface area contributed by atoms with Crippen molar-refractivity contribution < 1.29 is 14.5 Å². The molecule has 0 bridgehead atoms. The number of halogens is 1. The van der Waals surface area contributed by atoms with E-state index in [9.17, 15) is 20.2 Å². The van der Waals surface area contributed by atoms with Crippen LogP contribution in [0.15, 0.2) is 42.5 Å². The fourth-order valence-electron chi connectivity index (χ4n) is 2.18. The summed E-state index contributed by atoms with van der Waals surface area (Å²) >= 11 is 5.80. The quantitative estimate of drug-likeness (QED) is 0.661. The Labute approximate surface area is 142 Å². The third kappa shape index (κ3) is 3.45. The van der Waals surface area contributed by atoms with Gasteiger partial charge in [0.15, 0.2) is 0 Å². The SMILES string of the molecule is COc1ccccc1[C@H](C#N)NC(=O)c1cccc(Cl)c1[N+](=O)[O-]. The number of rotatable bonds is 5. The first-order chi connectivity index (χ1) is 11.5. The van der Waals surface area contributed by atoms with E-state index in [0.717, 1.165) is 0 Å². The number of benzene rings is 2. The van der Waals surface area contributed by atoms with E-state index in [2.05, 4.69) is 5.32 Å². The number of nitrogens with zero attached hydrogens (tertiary/aromatic N) is 2. The van der Waals surface area contributed by atoms with Gasteiger partial charge in [-0.05, 0) is 18.2 Å². The minimum atomic E-state index is -1.03. The van der Waals surface area contributed by atoms with E-state index in [0.29, 0.717) is 11.3 Å². The standard InChI is InChI=1S/C16H12ClN3O4/c1-24-14-8-3-2-5-10(14)13(9-18)19-16(21)11-6-4-7-12(17)15(11)20(22)23/h2-8,13H,1H3,(H,19,21)/t13-/m0/s1. The Kier molecular flexibility index (Phi) is 5.35. The first kappa shape index (κ1) is 17.2. The van der Waals surface area contributed by atoms with Gasteiger partial charge in [0.2, 0.25) is 0 Å². The molecule has 1 N–H and O–H groups in total. The smallest absolute Gasteiger partial charge is 0.300 e. The van der Waals surface area contributed by atoms with E-state index in [1.807, 2.05) is 6.07 Å². The molecule has 2 aromatic rings. The number of ether oxygens (including phenoxy) is 1. The predicted octanol–water partition coefficient (Wildman–Crippen LogP) is 3.25. The van der Waals surface area contributed by atoms with Gasteiger partial charge in [-0.1, -0.05) is 35.9 Å². The molecule has 0 spiro atoms. The number of carbonyl (C=O) groups excluding carboxylic acids is 1. The van der Waals surface area contributed by atoms with Crippen molar-refractivity contribution in [3.8, 4) is 11.8 Å². The maximum absolute atomic E-state index is 12.4. The lowest BCUT2D eigenvalue weighted by molar-refractivity contribution is -0.385. The fourth-order valence-corrected chi connectivity index (χ4v) is 2.42. The van der Waals surface area contributed by atoms with Crippen molar-refractivity contribution in [2.24, 2.45) is 0 Å². The molecule has 0 heterocycles. The number of nitriles is 1. The summed E-state index contributed by atoms with van der Waals surface area (Å²) in [5.41, 5.74) is -0.281. The molecular weight excluding hydrogens is 334 g/mol. The van der Waals surface area contributed by atoms with Gasteiger partial charge in [0, 0.05) is 5.56 Å². The number of nitro benzene ring substituents is 1. The van der Waals surface area contributed by atoms with Crippen LogP contribution in [0.3, 0.4) is 0 Å². The molecule has 0 aliphatic carbocycles. The molecule has 122 valence electrons. The summed E-state index contributed by atoms with van der Waals surface area (Å²) in [6, 6.07) is 11.6. The molecule has 0 aliphatic rings. The summed E-state index contributed by atoms with van der Waals surface area (Å²) in [6.07, 6.45) is 0. The van der Waals surface area contributed by atoms with Crippen LogP contribution in [0, 0.1) is 21.4 Å². The van der Waals surface area contributed by atoms with Crippen LogP contribution in [-0.2, 0) is 0 Å². The molecule has 0 unspecified atom stereocenters. The molecule has 0 saturated carbocycles. The minimum absolute atomic E-state index is 0.154. The van der Waals surface area contributed by atoms with E-state index < -0.39 is 22.6 Å². The van der Waals surface area contributed by atoms with Crippen LogP contribution in [0.1, 0.15) is 22.0 Å². The van der Waals surface area contributed by atoms with Crippen LogP contribution in [0.2, 0.25) is 5.02 Å². The van der Waals surface area contributed by atoms with Gasteiger partial charge in [-0.25, -0.2) is 0 Å². The zero-order valence-corrected chi connectivity index (χ0v) is 13.3. The first-order valence-electron chi connectivity index (χ1n) is 6.76. The Bertz CT molecular complexity index is 832. The van der Waals surface area contributed by atoms with Crippen LogP contribution >= 0.6 is 11.6 Å². The number of amides is 1. The summed E-state index contributed by atoms with van der Waals surface area (Å²) in [6.45, 7) is 0. The molecule has 1 atom stereocenters. The monoisotopic (exact) mass is 345 g/mol. The largest absolute Gasteiger partial charge is 0.496 e. The van der Waals surface area contributed by atoms with Gasteiger partial charge in [0.05, 0.1) is 18.1 Å².